The SMILES string of the molecule is CN1c2cc(C(=O)Nc3ccc(F)c(F)c3)ccc2C(=O)N2CCCC[C@@H]21. The normalized spacial score (nSPS) is 18.8. The molecule has 0 saturated carbocycles. The molecular weight excluding hydrogens is 352 g/mol. The first-order valence-corrected chi connectivity index (χ1v) is 8.90. The molecule has 1 fully saturated rings. The van der Waals surface area contributed by atoms with Crippen molar-refractivity contribution in [2.24, 2.45) is 0 Å². The second kappa shape index (κ2) is 6.64. The Balaban J connectivity index is 1.62. The number of amides is 2. The van der Waals surface area contributed by atoms with Crippen molar-refractivity contribution in [1.82, 2.24) is 4.90 Å². The average Bonchev–Trinajstić information content (AvgIpc) is 2.68. The molecule has 2 aromatic rings. The summed E-state index contributed by atoms with van der Waals surface area (Å²) in [4.78, 5) is 29.2. The van der Waals surface area contributed by atoms with Crippen LogP contribution in [-0.2, 0) is 0 Å². The van der Waals surface area contributed by atoms with Gasteiger partial charge in [0.2, 0.25) is 0 Å². The number of rotatable bonds is 2. The van der Waals surface area contributed by atoms with Crippen molar-refractivity contribution in [3.63, 3.8) is 0 Å². The smallest absolute Gasteiger partial charge is 0.257 e. The van der Waals surface area contributed by atoms with Gasteiger partial charge < -0.3 is 15.1 Å². The highest BCUT2D eigenvalue weighted by Gasteiger charge is 2.37. The van der Waals surface area contributed by atoms with E-state index in [0.717, 1.165) is 37.9 Å². The van der Waals surface area contributed by atoms with E-state index in [0.29, 0.717) is 16.8 Å². The predicted molar refractivity (Wildman–Crippen MR) is 97.8 cm³/mol. The fourth-order valence-electron chi connectivity index (χ4n) is 3.79. The molecule has 140 valence electrons. The zero-order valence-corrected chi connectivity index (χ0v) is 14.8. The van der Waals surface area contributed by atoms with Crippen LogP contribution in [0.4, 0.5) is 20.2 Å². The van der Waals surface area contributed by atoms with Crippen LogP contribution in [0.3, 0.4) is 0 Å². The zero-order chi connectivity index (χ0) is 19.1. The Labute approximate surface area is 155 Å². The minimum Gasteiger partial charge on any atom is -0.354 e. The molecule has 0 spiro atoms. The minimum atomic E-state index is -1.03. The Bertz CT molecular complexity index is 931. The van der Waals surface area contributed by atoms with Crippen molar-refractivity contribution in [3.05, 3.63) is 59.2 Å². The number of nitrogens with one attached hydrogen (secondary N) is 1. The van der Waals surface area contributed by atoms with Crippen molar-refractivity contribution in [2.75, 3.05) is 23.8 Å². The lowest BCUT2D eigenvalue weighted by molar-refractivity contribution is 0.0589. The van der Waals surface area contributed by atoms with Gasteiger partial charge in [0.05, 0.1) is 11.3 Å². The summed E-state index contributed by atoms with van der Waals surface area (Å²) in [6, 6.07) is 8.09. The molecule has 0 aliphatic carbocycles. The molecule has 7 heteroatoms. The lowest BCUT2D eigenvalue weighted by Gasteiger charge is -2.46. The number of nitrogens with zero attached hydrogens (tertiary/aromatic N) is 2. The summed E-state index contributed by atoms with van der Waals surface area (Å²) in [5, 5.41) is 2.56. The van der Waals surface area contributed by atoms with Crippen molar-refractivity contribution in [3.8, 4) is 0 Å². The predicted octanol–water partition coefficient (Wildman–Crippen LogP) is 3.62. The Morgan fingerprint density at radius 3 is 2.70 bits per heavy atom. The van der Waals surface area contributed by atoms with Crippen LogP contribution < -0.4 is 10.2 Å². The van der Waals surface area contributed by atoms with Gasteiger partial charge in [-0.05, 0) is 49.6 Å². The number of hydrogen-bond donors (Lipinski definition) is 1. The lowest BCUT2D eigenvalue weighted by atomic mass is 9.97. The fourth-order valence-corrected chi connectivity index (χ4v) is 3.79. The van der Waals surface area contributed by atoms with Gasteiger partial charge in [0.15, 0.2) is 11.6 Å². The molecule has 1 N–H and O–H groups in total. The van der Waals surface area contributed by atoms with Crippen molar-refractivity contribution < 1.29 is 18.4 Å². The molecule has 2 aliphatic heterocycles. The number of halogens is 2. The Kier molecular flexibility index (Phi) is 4.30. The van der Waals surface area contributed by atoms with Crippen LogP contribution in [0, 0.1) is 11.6 Å². The molecule has 2 aromatic carbocycles. The number of fused-ring (bicyclic) bond motifs is 2. The van der Waals surface area contributed by atoms with Gasteiger partial charge in [0.1, 0.15) is 6.17 Å². The minimum absolute atomic E-state index is 0.00301. The molecule has 5 nitrogen and oxygen atoms in total. The summed E-state index contributed by atoms with van der Waals surface area (Å²) in [7, 11) is 1.92. The van der Waals surface area contributed by atoms with Crippen LogP contribution in [0.25, 0.3) is 0 Å². The number of anilines is 2. The van der Waals surface area contributed by atoms with E-state index >= 15 is 0 Å². The van der Waals surface area contributed by atoms with Gasteiger partial charge >= 0.3 is 0 Å². The first kappa shape index (κ1) is 17.5. The van der Waals surface area contributed by atoms with Crippen LogP contribution in [0.2, 0.25) is 0 Å². The molecule has 0 radical (unpaired) electrons. The van der Waals surface area contributed by atoms with E-state index < -0.39 is 17.5 Å². The molecule has 2 aliphatic rings. The van der Waals surface area contributed by atoms with Crippen LogP contribution >= 0.6 is 0 Å². The van der Waals surface area contributed by atoms with E-state index in [-0.39, 0.29) is 17.8 Å². The summed E-state index contributed by atoms with van der Waals surface area (Å²) < 4.78 is 26.4. The largest absolute Gasteiger partial charge is 0.354 e. The highest BCUT2D eigenvalue weighted by Crippen LogP contribution is 2.34. The highest BCUT2D eigenvalue weighted by molar-refractivity contribution is 6.08. The summed E-state index contributed by atoms with van der Waals surface area (Å²) in [6.45, 7) is 0.742. The average molecular weight is 371 g/mol. The summed E-state index contributed by atoms with van der Waals surface area (Å²) >= 11 is 0. The molecule has 27 heavy (non-hydrogen) atoms. The van der Waals surface area contributed by atoms with Crippen LogP contribution in [-0.4, -0.2) is 36.5 Å². The molecule has 0 unspecified atom stereocenters. The maximum Gasteiger partial charge on any atom is 0.257 e. The van der Waals surface area contributed by atoms with Gasteiger partial charge in [-0.2, -0.15) is 0 Å². The summed E-state index contributed by atoms with van der Waals surface area (Å²) in [5.74, 6) is -2.46. The van der Waals surface area contributed by atoms with E-state index in [1.807, 2.05) is 16.8 Å². The second-order valence-electron chi connectivity index (χ2n) is 6.90. The quantitative estimate of drug-likeness (QED) is 0.877. The Morgan fingerprint density at radius 2 is 1.93 bits per heavy atom. The summed E-state index contributed by atoms with van der Waals surface area (Å²) in [6.07, 6.45) is 2.96. The third kappa shape index (κ3) is 3.03. The van der Waals surface area contributed by atoms with Gasteiger partial charge in [-0.1, -0.05) is 0 Å². The fraction of sp³-hybridized carbons (Fsp3) is 0.300. The van der Waals surface area contributed by atoms with E-state index in [2.05, 4.69) is 5.32 Å². The third-order valence-corrected chi connectivity index (χ3v) is 5.23. The van der Waals surface area contributed by atoms with Gasteiger partial charge in [0.25, 0.3) is 11.8 Å². The topological polar surface area (TPSA) is 52.7 Å². The maximum absolute atomic E-state index is 13.3. The molecular formula is C20H19F2N3O2. The molecule has 1 atom stereocenters. The molecule has 4 rings (SSSR count). The first-order chi connectivity index (χ1) is 13.0. The number of benzene rings is 2. The van der Waals surface area contributed by atoms with Gasteiger partial charge in [-0.25, -0.2) is 8.78 Å². The first-order valence-electron chi connectivity index (χ1n) is 8.90. The zero-order valence-electron chi connectivity index (χ0n) is 14.8. The highest BCUT2D eigenvalue weighted by atomic mass is 19.2. The number of carbonyl (C=O) groups is 2. The number of piperidine rings is 1. The van der Waals surface area contributed by atoms with Gasteiger partial charge in [0, 0.05) is 30.9 Å². The molecule has 0 bridgehead atoms. The number of hydrogen-bond acceptors (Lipinski definition) is 3. The van der Waals surface area contributed by atoms with Crippen molar-refractivity contribution in [1.29, 1.82) is 0 Å². The van der Waals surface area contributed by atoms with Crippen LogP contribution in [0.1, 0.15) is 40.0 Å². The summed E-state index contributed by atoms with van der Waals surface area (Å²) in [5.41, 5.74) is 1.79. The van der Waals surface area contributed by atoms with Gasteiger partial charge in [-0.3, -0.25) is 9.59 Å². The van der Waals surface area contributed by atoms with E-state index in [1.54, 1.807) is 18.2 Å². The van der Waals surface area contributed by atoms with E-state index in [1.165, 1.54) is 6.07 Å². The second-order valence-corrected chi connectivity index (χ2v) is 6.90. The van der Waals surface area contributed by atoms with Crippen LogP contribution in [0.15, 0.2) is 36.4 Å². The molecule has 2 heterocycles. The van der Waals surface area contributed by atoms with Gasteiger partial charge in [-0.15, -0.1) is 0 Å². The monoisotopic (exact) mass is 371 g/mol. The molecule has 1 saturated heterocycles. The maximum atomic E-state index is 13.3. The Morgan fingerprint density at radius 1 is 1.11 bits per heavy atom. The van der Waals surface area contributed by atoms with Crippen molar-refractivity contribution >= 4 is 23.2 Å². The third-order valence-electron chi connectivity index (χ3n) is 5.23. The molecule has 2 amide bonds. The van der Waals surface area contributed by atoms with E-state index in [4.69, 9.17) is 0 Å². The standard InChI is InChI=1S/C20H19F2N3O2/c1-24-17-10-12(19(26)23-13-6-8-15(21)16(22)11-13)5-7-14(17)20(27)25-9-3-2-4-18(24)25/h5-8,10-11,18H,2-4,9H2,1H3,(H,23,26)/t18-/m1/s1. The Hall–Kier alpha value is -2.96. The lowest BCUT2D eigenvalue weighted by Crippen LogP contribution is -2.55. The van der Waals surface area contributed by atoms with Crippen LogP contribution in [0.5, 0.6) is 0 Å². The number of carbonyl (C=O) groups excluding carboxylic acids is 2. The molecule has 0 aromatic heterocycles. The van der Waals surface area contributed by atoms with E-state index in [9.17, 15) is 18.4 Å². The van der Waals surface area contributed by atoms with Crippen molar-refractivity contribution in [2.45, 2.75) is 25.4 Å².